The number of carbonyl (C=O) groups excluding carboxylic acids is 1. The molecule has 1 aliphatic rings. The van der Waals surface area contributed by atoms with Crippen molar-refractivity contribution in [2.75, 3.05) is 13.1 Å². The van der Waals surface area contributed by atoms with Crippen molar-refractivity contribution in [3.8, 4) is 0 Å². The molecule has 0 aromatic rings. The Labute approximate surface area is 86.2 Å². The normalized spacial score (nSPS) is 22.1. The summed E-state index contributed by atoms with van der Waals surface area (Å²) in [6.07, 6.45) is 3.69. The number of nitrogens with zero attached hydrogens (tertiary/aromatic N) is 1. The lowest BCUT2D eigenvalue weighted by Crippen LogP contribution is -2.41. The molecule has 0 aromatic carbocycles. The fraction of sp³-hybridized carbons (Fsp3) is 0.727. The fourth-order valence-corrected chi connectivity index (χ4v) is 1.77. The van der Waals surface area contributed by atoms with Gasteiger partial charge in [0.05, 0.1) is 6.04 Å². The average molecular weight is 196 g/mol. The molecule has 1 aliphatic heterocycles. The van der Waals surface area contributed by atoms with Crippen molar-refractivity contribution in [2.45, 2.75) is 38.8 Å². The lowest BCUT2D eigenvalue weighted by atomic mass is 10.2. The van der Waals surface area contributed by atoms with Gasteiger partial charge in [0.25, 0.3) is 0 Å². The van der Waals surface area contributed by atoms with Gasteiger partial charge < -0.3 is 10.2 Å². The predicted octanol–water partition coefficient (Wildman–Crippen LogP) is 1.16. The second-order valence-electron chi connectivity index (χ2n) is 4.07. The minimum absolute atomic E-state index is 0.0415. The Morgan fingerprint density at radius 3 is 3.00 bits per heavy atom. The van der Waals surface area contributed by atoms with Gasteiger partial charge in [0, 0.05) is 19.1 Å². The summed E-state index contributed by atoms with van der Waals surface area (Å²) in [6.45, 7) is 9.50. The SMILES string of the molecule is C=CCCN1CCC(NC(C)C)C1=O. The predicted molar refractivity (Wildman–Crippen MR) is 58.1 cm³/mol. The number of carbonyl (C=O) groups is 1. The number of rotatable bonds is 5. The third-order valence-corrected chi connectivity index (χ3v) is 2.44. The van der Waals surface area contributed by atoms with Crippen LogP contribution < -0.4 is 5.32 Å². The van der Waals surface area contributed by atoms with Gasteiger partial charge in [0.15, 0.2) is 0 Å². The van der Waals surface area contributed by atoms with Crippen molar-refractivity contribution in [1.29, 1.82) is 0 Å². The van der Waals surface area contributed by atoms with Gasteiger partial charge in [-0.2, -0.15) is 0 Å². The molecule has 1 fully saturated rings. The van der Waals surface area contributed by atoms with Crippen molar-refractivity contribution in [1.82, 2.24) is 10.2 Å². The first-order valence-corrected chi connectivity index (χ1v) is 5.31. The molecule has 0 aliphatic carbocycles. The highest BCUT2D eigenvalue weighted by Gasteiger charge is 2.30. The van der Waals surface area contributed by atoms with Gasteiger partial charge in [-0.15, -0.1) is 6.58 Å². The summed E-state index contributed by atoms with van der Waals surface area (Å²) in [4.78, 5) is 13.7. The lowest BCUT2D eigenvalue weighted by molar-refractivity contribution is -0.129. The van der Waals surface area contributed by atoms with Crippen molar-refractivity contribution >= 4 is 5.91 Å². The zero-order chi connectivity index (χ0) is 10.6. The monoisotopic (exact) mass is 196 g/mol. The number of nitrogens with one attached hydrogen (secondary N) is 1. The maximum Gasteiger partial charge on any atom is 0.239 e. The van der Waals surface area contributed by atoms with Gasteiger partial charge in [-0.25, -0.2) is 0 Å². The first-order valence-electron chi connectivity index (χ1n) is 5.31. The summed E-state index contributed by atoms with van der Waals surface area (Å²) in [5.74, 6) is 0.251. The lowest BCUT2D eigenvalue weighted by Gasteiger charge is -2.17. The molecule has 1 N–H and O–H groups in total. The molecule has 3 heteroatoms. The van der Waals surface area contributed by atoms with Crippen LogP contribution >= 0.6 is 0 Å². The topological polar surface area (TPSA) is 32.3 Å². The molecule has 1 amide bonds. The van der Waals surface area contributed by atoms with Crippen LogP contribution in [0, 0.1) is 0 Å². The minimum atomic E-state index is 0.0415. The second kappa shape index (κ2) is 5.15. The Bertz CT molecular complexity index is 213. The molecule has 3 nitrogen and oxygen atoms in total. The van der Waals surface area contributed by atoms with E-state index in [9.17, 15) is 4.79 Å². The maximum absolute atomic E-state index is 11.8. The van der Waals surface area contributed by atoms with Crippen LogP contribution in [0.5, 0.6) is 0 Å². The summed E-state index contributed by atoms with van der Waals surface area (Å²) in [5, 5.41) is 3.28. The molecule has 80 valence electrons. The van der Waals surface area contributed by atoms with Crippen LogP contribution in [0.3, 0.4) is 0 Å². The Hall–Kier alpha value is -0.830. The van der Waals surface area contributed by atoms with Gasteiger partial charge in [-0.05, 0) is 12.8 Å². The molecule has 1 unspecified atom stereocenters. The molecular weight excluding hydrogens is 176 g/mol. The van der Waals surface area contributed by atoms with E-state index in [1.54, 1.807) is 0 Å². The van der Waals surface area contributed by atoms with E-state index >= 15 is 0 Å². The van der Waals surface area contributed by atoms with E-state index in [4.69, 9.17) is 0 Å². The van der Waals surface area contributed by atoms with Gasteiger partial charge >= 0.3 is 0 Å². The van der Waals surface area contributed by atoms with Crippen molar-refractivity contribution in [3.63, 3.8) is 0 Å². The van der Waals surface area contributed by atoms with E-state index in [2.05, 4.69) is 25.7 Å². The van der Waals surface area contributed by atoms with Crippen molar-refractivity contribution in [3.05, 3.63) is 12.7 Å². The van der Waals surface area contributed by atoms with Gasteiger partial charge in [-0.1, -0.05) is 19.9 Å². The summed E-state index contributed by atoms with van der Waals surface area (Å²) in [6, 6.07) is 0.420. The van der Waals surface area contributed by atoms with E-state index in [1.807, 2.05) is 11.0 Å². The Balaban J connectivity index is 2.38. The molecule has 0 radical (unpaired) electrons. The summed E-state index contributed by atoms with van der Waals surface area (Å²) >= 11 is 0. The largest absolute Gasteiger partial charge is 0.341 e. The van der Waals surface area contributed by atoms with Crippen LogP contribution in [0.2, 0.25) is 0 Å². The van der Waals surface area contributed by atoms with Crippen LogP contribution in [-0.4, -0.2) is 36.0 Å². The van der Waals surface area contributed by atoms with E-state index in [0.29, 0.717) is 6.04 Å². The van der Waals surface area contributed by atoms with Crippen LogP contribution in [0.1, 0.15) is 26.7 Å². The Morgan fingerprint density at radius 1 is 1.71 bits per heavy atom. The molecule has 14 heavy (non-hydrogen) atoms. The molecule has 1 rings (SSSR count). The number of likely N-dealkylation sites (tertiary alicyclic amines) is 1. The van der Waals surface area contributed by atoms with Crippen LogP contribution in [0.15, 0.2) is 12.7 Å². The van der Waals surface area contributed by atoms with E-state index in [-0.39, 0.29) is 11.9 Å². The summed E-state index contributed by atoms with van der Waals surface area (Å²) < 4.78 is 0. The third-order valence-electron chi connectivity index (χ3n) is 2.44. The highest BCUT2D eigenvalue weighted by molar-refractivity contribution is 5.84. The maximum atomic E-state index is 11.8. The highest BCUT2D eigenvalue weighted by atomic mass is 16.2. The first-order chi connectivity index (χ1) is 6.65. The van der Waals surface area contributed by atoms with Crippen LogP contribution in [0.4, 0.5) is 0 Å². The number of hydrogen-bond donors (Lipinski definition) is 1. The van der Waals surface area contributed by atoms with Gasteiger partial charge in [0.2, 0.25) is 5.91 Å². The summed E-state index contributed by atoms with van der Waals surface area (Å²) in [7, 11) is 0. The molecule has 1 heterocycles. The summed E-state index contributed by atoms with van der Waals surface area (Å²) in [5.41, 5.74) is 0. The van der Waals surface area contributed by atoms with E-state index in [1.165, 1.54) is 0 Å². The molecule has 1 atom stereocenters. The molecule has 1 saturated heterocycles. The molecule has 0 aromatic heterocycles. The average Bonchev–Trinajstić information content (AvgIpc) is 2.45. The second-order valence-corrected chi connectivity index (χ2v) is 4.07. The third kappa shape index (κ3) is 2.84. The molecular formula is C11H20N2O. The smallest absolute Gasteiger partial charge is 0.239 e. The van der Waals surface area contributed by atoms with Gasteiger partial charge in [0.1, 0.15) is 0 Å². The first kappa shape index (κ1) is 11.2. The highest BCUT2D eigenvalue weighted by Crippen LogP contribution is 2.12. The van der Waals surface area contributed by atoms with Crippen molar-refractivity contribution in [2.24, 2.45) is 0 Å². The quantitative estimate of drug-likeness (QED) is 0.669. The molecule has 0 spiro atoms. The zero-order valence-corrected chi connectivity index (χ0v) is 9.12. The fourth-order valence-electron chi connectivity index (χ4n) is 1.77. The van der Waals surface area contributed by atoms with Crippen LogP contribution in [0.25, 0.3) is 0 Å². The Morgan fingerprint density at radius 2 is 2.43 bits per heavy atom. The van der Waals surface area contributed by atoms with E-state index in [0.717, 1.165) is 25.9 Å². The van der Waals surface area contributed by atoms with Gasteiger partial charge in [-0.3, -0.25) is 4.79 Å². The molecule has 0 saturated carbocycles. The molecule has 0 bridgehead atoms. The standard InChI is InChI=1S/C11H20N2O/c1-4-5-7-13-8-6-10(11(13)14)12-9(2)3/h4,9-10,12H,1,5-8H2,2-3H3. The number of amides is 1. The van der Waals surface area contributed by atoms with E-state index < -0.39 is 0 Å². The minimum Gasteiger partial charge on any atom is -0.341 e. The van der Waals surface area contributed by atoms with Crippen LogP contribution in [-0.2, 0) is 4.79 Å². The Kier molecular flexibility index (Phi) is 4.14. The van der Waals surface area contributed by atoms with Crippen molar-refractivity contribution < 1.29 is 4.79 Å². The zero-order valence-electron chi connectivity index (χ0n) is 9.12. The number of hydrogen-bond acceptors (Lipinski definition) is 2.